The van der Waals surface area contributed by atoms with E-state index < -0.39 is 0 Å². The van der Waals surface area contributed by atoms with E-state index in [4.69, 9.17) is 14.3 Å². The van der Waals surface area contributed by atoms with Gasteiger partial charge >= 0.3 is 0 Å². The molecule has 6 heteroatoms. The fraction of sp³-hybridized carbons (Fsp3) is 0.250. The van der Waals surface area contributed by atoms with E-state index in [-0.39, 0.29) is 12.2 Å². The fourth-order valence-electron chi connectivity index (χ4n) is 2.02. The van der Waals surface area contributed by atoms with Crippen LogP contribution in [0.1, 0.15) is 25.5 Å². The van der Waals surface area contributed by atoms with Gasteiger partial charge in [-0.3, -0.25) is 4.84 Å². The van der Waals surface area contributed by atoms with Crippen molar-refractivity contribution in [2.75, 3.05) is 0 Å². The summed E-state index contributed by atoms with van der Waals surface area (Å²) in [6.45, 7) is 4.00. The third-order valence-electron chi connectivity index (χ3n) is 2.93. The van der Waals surface area contributed by atoms with Crippen LogP contribution in [-0.2, 0) is 4.84 Å². The Morgan fingerprint density at radius 3 is 2.50 bits per heavy atom. The van der Waals surface area contributed by atoms with Crippen LogP contribution < -0.4 is 15.0 Å². The molecular weight excluding hydrogens is 282 g/mol. The van der Waals surface area contributed by atoms with Gasteiger partial charge in [0.15, 0.2) is 5.75 Å². The number of rotatable bonds is 5. The van der Waals surface area contributed by atoms with E-state index in [1.54, 1.807) is 12.4 Å². The molecule has 2 aromatic rings. The summed E-state index contributed by atoms with van der Waals surface area (Å²) in [5.41, 5.74) is 3.76. The van der Waals surface area contributed by atoms with Crippen LogP contribution in [0.2, 0.25) is 0 Å². The molecule has 22 heavy (non-hydrogen) atoms. The summed E-state index contributed by atoms with van der Waals surface area (Å²) in [5.74, 6) is 1.90. The van der Waals surface area contributed by atoms with Crippen LogP contribution in [-0.4, -0.2) is 16.1 Å². The minimum atomic E-state index is -0.215. The van der Waals surface area contributed by atoms with E-state index in [9.17, 15) is 0 Å². The zero-order chi connectivity index (χ0) is 15.4. The van der Waals surface area contributed by atoms with Crippen LogP contribution in [0, 0.1) is 0 Å². The molecule has 0 fully saturated rings. The van der Waals surface area contributed by atoms with Crippen LogP contribution >= 0.6 is 0 Å². The summed E-state index contributed by atoms with van der Waals surface area (Å²) >= 11 is 0. The van der Waals surface area contributed by atoms with Crippen molar-refractivity contribution in [1.82, 2.24) is 15.4 Å². The van der Waals surface area contributed by atoms with Crippen molar-refractivity contribution < 1.29 is 14.3 Å². The summed E-state index contributed by atoms with van der Waals surface area (Å²) in [4.78, 5) is 13.3. The molecule has 1 aliphatic heterocycles. The molecule has 0 spiro atoms. The first kappa shape index (κ1) is 14.3. The molecule has 0 saturated heterocycles. The normalized spacial score (nSPS) is 17.0. The van der Waals surface area contributed by atoms with E-state index in [1.165, 1.54) is 6.33 Å². The zero-order valence-corrected chi connectivity index (χ0v) is 12.4. The Labute approximate surface area is 128 Å². The van der Waals surface area contributed by atoms with E-state index in [0.717, 1.165) is 11.3 Å². The molecule has 1 unspecified atom stereocenters. The van der Waals surface area contributed by atoms with Gasteiger partial charge in [-0.05, 0) is 31.5 Å². The maximum atomic E-state index is 5.62. The number of benzene rings is 1. The first-order valence-corrected chi connectivity index (χ1v) is 7.03. The number of ether oxygens (including phenoxy) is 2. The first-order valence-electron chi connectivity index (χ1n) is 7.03. The quantitative estimate of drug-likeness (QED) is 0.916. The summed E-state index contributed by atoms with van der Waals surface area (Å²) in [6.07, 6.45) is 6.41. The largest absolute Gasteiger partial charge is 0.491 e. The molecule has 0 amide bonds. The lowest BCUT2D eigenvalue weighted by Gasteiger charge is -2.11. The molecule has 1 aliphatic rings. The average molecular weight is 299 g/mol. The van der Waals surface area contributed by atoms with Crippen LogP contribution in [0.15, 0.2) is 54.9 Å². The lowest BCUT2D eigenvalue weighted by atomic mass is 10.1. The van der Waals surface area contributed by atoms with Gasteiger partial charge in [0.2, 0.25) is 5.88 Å². The number of hydroxylamine groups is 1. The van der Waals surface area contributed by atoms with Crippen molar-refractivity contribution in [2.24, 2.45) is 0 Å². The van der Waals surface area contributed by atoms with Gasteiger partial charge in [-0.1, -0.05) is 12.1 Å². The van der Waals surface area contributed by atoms with Gasteiger partial charge in [0.1, 0.15) is 18.2 Å². The van der Waals surface area contributed by atoms with Crippen LogP contribution in [0.3, 0.4) is 0 Å². The lowest BCUT2D eigenvalue weighted by molar-refractivity contribution is 0.0272. The number of hydrogen-bond acceptors (Lipinski definition) is 6. The predicted octanol–water partition coefficient (Wildman–Crippen LogP) is 2.76. The molecule has 2 heterocycles. The third kappa shape index (κ3) is 3.53. The van der Waals surface area contributed by atoms with E-state index in [2.05, 4.69) is 15.4 Å². The molecule has 0 bridgehead atoms. The molecule has 6 nitrogen and oxygen atoms in total. The lowest BCUT2D eigenvalue weighted by Crippen LogP contribution is -2.12. The van der Waals surface area contributed by atoms with Gasteiger partial charge in [0.25, 0.3) is 0 Å². The molecule has 114 valence electrons. The van der Waals surface area contributed by atoms with E-state index in [0.29, 0.717) is 11.6 Å². The minimum absolute atomic E-state index is 0.156. The average Bonchev–Trinajstić information content (AvgIpc) is 2.97. The van der Waals surface area contributed by atoms with Crippen LogP contribution in [0.5, 0.6) is 11.5 Å². The Hall–Kier alpha value is -2.60. The SMILES string of the molecule is CC(C)Oc1ccc(C2C=C(Oc3cncnc3)NO2)cc1. The van der Waals surface area contributed by atoms with Crippen molar-refractivity contribution in [3.63, 3.8) is 0 Å². The molecule has 1 N–H and O–H groups in total. The molecule has 1 atom stereocenters. The molecular formula is C16H17N3O3. The van der Waals surface area contributed by atoms with Crippen molar-refractivity contribution in [2.45, 2.75) is 26.1 Å². The highest BCUT2D eigenvalue weighted by Crippen LogP contribution is 2.26. The summed E-state index contributed by atoms with van der Waals surface area (Å²) < 4.78 is 11.2. The van der Waals surface area contributed by atoms with E-state index in [1.807, 2.05) is 44.2 Å². The van der Waals surface area contributed by atoms with Crippen LogP contribution in [0.4, 0.5) is 0 Å². The van der Waals surface area contributed by atoms with Crippen molar-refractivity contribution >= 4 is 0 Å². The van der Waals surface area contributed by atoms with Gasteiger partial charge < -0.3 is 9.47 Å². The zero-order valence-electron chi connectivity index (χ0n) is 12.4. The highest BCUT2D eigenvalue weighted by Gasteiger charge is 2.20. The van der Waals surface area contributed by atoms with Crippen molar-refractivity contribution in [3.8, 4) is 11.5 Å². The van der Waals surface area contributed by atoms with Crippen molar-refractivity contribution in [1.29, 1.82) is 0 Å². The maximum Gasteiger partial charge on any atom is 0.216 e. The third-order valence-corrected chi connectivity index (χ3v) is 2.93. The second-order valence-corrected chi connectivity index (χ2v) is 5.08. The first-order chi connectivity index (χ1) is 10.7. The molecule has 0 radical (unpaired) electrons. The maximum absolute atomic E-state index is 5.62. The Morgan fingerprint density at radius 2 is 1.82 bits per heavy atom. The molecule has 0 aliphatic carbocycles. The van der Waals surface area contributed by atoms with Gasteiger partial charge in [0, 0.05) is 6.08 Å². The summed E-state index contributed by atoms with van der Waals surface area (Å²) in [5, 5.41) is 0. The highest BCUT2D eigenvalue weighted by atomic mass is 16.7. The van der Waals surface area contributed by atoms with E-state index >= 15 is 0 Å². The summed E-state index contributed by atoms with van der Waals surface area (Å²) in [6, 6.07) is 7.79. The number of hydrogen-bond donors (Lipinski definition) is 1. The van der Waals surface area contributed by atoms with Gasteiger partial charge in [-0.25, -0.2) is 15.4 Å². The van der Waals surface area contributed by atoms with Gasteiger partial charge in [-0.15, -0.1) is 0 Å². The molecule has 0 saturated carbocycles. The topological polar surface area (TPSA) is 65.5 Å². The Balaban J connectivity index is 1.66. The van der Waals surface area contributed by atoms with Crippen LogP contribution in [0.25, 0.3) is 0 Å². The number of nitrogens with one attached hydrogen (secondary N) is 1. The molecule has 1 aromatic carbocycles. The van der Waals surface area contributed by atoms with Crippen molar-refractivity contribution in [3.05, 3.63) is 60.5 Å². The van der Waals surface area contributed by atoms with Gasteiger partial charge in [0.05, 0.1) is 18.5 Å². The minimum Gasteiger partial charge on any atom is -0.491 e. The molecule has 3 rings (SSSR count). The number of aromatic nitrogens is 2. The van der Waals surface area contributed by atoms with Gasteiger partial charge in [-0.2, -0.15) is 0 Å². The Kier molecular flexibility index (Phi) is 4.20. The Bertz CT molecular complexity index is 641. The monoisotopic (exact) mass is 299 g/mol. The highest BCUT2D eigenvalue weighted by molar-refractivity contribution is 5.31. The standard InChI is InChI=1S/C16H17N3O3/c1-11(2)20-13-5-3-12(4-6-13)15-7-16(19-22-15)21-14-8-17-10-18-9-14/h3-11,15,19H,1-2H3. The molecule has 1 aromatic heterocycles. The second-order valence-electron chi connectivity index (χ2n) is 5.08. The Morgan fingerprint density at radius 1 is 1.09 bits per heavy atom. The second kappa shape index (κ2) is 6.44. The summed E-state index contributed by atoms with van der Waals surface area (Å²) in [7, 11) is 0. The number of nitrogens with zero attached hydrogens (tertiary/aromatic N) is 2. The fourth-order valence-corrected chi connectivity index (χ4v) is 2.02. The smallest absolute Gasteiger partial charge is 0.216 e. The predicted molar refractivity (Wildman–Crippen MR) is 79.9 cm³/mol.